The van der Waals surface area contributed by atoms with Crippen molar-refractivity contribution in [3.8, 4) is 11.6 Å². The van der Waals surface area contributed by atoms with Crippen LogP contribution in [0, 0.1) is 5.92 Å². The van der Waals surface area contributed by atoms with E-state index in [1.165, 1.54) is 25.7 Å². The summed E-state index contributed by atoms with van der Waals surface area (Å²) in [7, 11) is 0. The number of hydrogen-bond donors (Lipinski definition) is 2. The van der Waals surface area contributed by atoms with Crippen molar-refractivity contribution in [2.45, 2.75) is 52.9 Å². The van der Waals surface area contributed by atoms with Gasteiger partial charge in [0.2, 0.25) is 0 Å². The lowest BCUT2D eigenvalue weighted by Crippen LogP contribution is -2.38. The second-order valence-electron chi connectivity index (χ2n) is 6.54. The number of halogens is 1. The molecule has 0 fully saturated rings. The smallest absolute Gasteiger partial charge is 0.276 e. The van der Waals surface area contributed by atoms with Crippen LogP contribution in [0.1, 0.15) is 52.3 Å². The summed E-state index contributed by atoms with van der Waals surface area (Å²) in [5.41, 5.74) is 0.691. The second-order valence-corrected chi connectivity index (χ2v) is 6.54. The number of pyridine rings is 1. The summed E-state index contributed by atoms with van der Waals surface area (Å²) >= 11 is 0. The molecule has 0 radical (unpaired) electrons. The quantitative estimate of drug-likeness (QED) is 0.275. The summed E-state index contributed by atoms with van der Waals surface area (Å²) in [5.74, 6) is 2.61. The number of aliphatic imine (C=N–C) groups is 1. The van der Waals surface area contributed by atoms with Gasteiger partial charge in [0.25, 0.3) is 5.89 Å². The molecule has 7 nitrogen and oxygen atoms in total. The van der Waals surface area contributed by atoms with E-state index >= 15 is 0 Å². The Kier molecular flexibility index (Phi) is 12.4. The average Bonchev–Trinajstić information content (AvgIpc) is 3.17. The minimum Gasteiger partial charge on any atom is -0.357 e. The monoisotopic (exact) mass is 500 g/mol. The van der Waals surface area contributed by atoms with Crippen LogP contribution in [0.3, 0.4) is 0 Å². The normalized spacial score (nSPS) is 12.3. The zero-order chi connectivity index (χ0) is 19.3. The minimum atomic E-state index is 0. The van der Waals surface area contributed by atoms with Gasteiger partial charge in [-0.25, -0.2) is 0 Å². The fourth-order valence-electron chi connectivity index (χ4n) is 2.72. The second kappa shape index (κ2) is 14.3. The molecule has 2 N–H and O–H groups in total. The third kappa shape index (κ3) is 8.53. The van der Waals surface area contributed by atoms with Gasteiger partial charge in [-0.15, -0.1) is 24.0 Å². The molecule has 0 amide bonds. The molecule has 0 aliphatic carbocycles. The molecule has 0 aliphatic heterocycles. The van der Waals surface area contributed by atoms with E-state index in [0.29, 0.717) is 36.3 Å². The summed E-state index contributed by atoms with van der Waals surface area (Å²) < 4.78 is 5.29. The Morgan fingerprint density at radius 2 is 2.07 bits per heavy atom. The van der Waals surface area contributed by atoms with Crippen molar-refractivity contribution in [1.29, 1.82) is 0 Å². The molecule has 0 spiro atoms. The first kappa shape index (κ1) is 24.3. The Morgan fingerprint density at radius 3 is 2.75 bits per heavy atom. The average molecular weight is 500 g/mol. The number of rotatable bonds is 11. The number of aromatic nitrogens is 3. The van der Waals surface area contributed by atoms with Crippen molar-refractivity contribution < 1.29 is 4.52 Å². The van der Waals surface area contributed by atoms with Crippen molar-refractivity contribution in [3.63, 3.8) is 0 Å². The maximum absolute atomic E-state index is 5.29. The highest BCUT2D eigenvalue weighted by molar-refractivity contribution is 14.0. The van der Waals surface area contributed by atoms with Crippen molar-refractivity contribution >= 4 is 29.9 Å². The van der Waals surface area contributed by atoms with Gasteiger partial charge in [0.1, 0.15) is 5.69 Å². The van der Waals surface area contributed by atoms with E-state index in [1.807, 2.05) is 18.2 Å². The summed E-state index contributed by atoms with van der Waals surface area (Å²) in [6, 6.07) is 5.61. The van der Waals surface area contributed by atoms with Crippen LogP contribution < -0.4 is 10.6 Å². The van der Waals surface area contributed by atoms with E-state index in [9.17, 15) is 0 Å². The summed E-state index contributed by atoms with van der Waals surface area (Å²) in [6.45, 7) is 8.94. The highest BCUT2D eigenvalue weighted by Crippen LogP contribution is 2.13. The van der Waals surface area contributed by atoms with Gasteiger partial charge in [-0.3, -0.25) is 9.98 Å². The molecule has 2 aromatic heterocycles. The van der Waals surface area contributed by atoms with Crippen molar-refractivity contribution in [2.24, 2.45) is 10.9 Å². The van der Waals surface area contributed by atoms with Crippen LogP contribution in [0.15, 0.2) is 33.9 Å². The first-order valence-electron chi connectivity index (χ1n) is 10.0. The Balaban J connectivity index is 0.00000392. The maximum atomic E-state index is 5.29. The summed E-state index contributed by atoms with van der Waals surface area (Å²) in [4.78, 5) is 13.4. The lowest BCUT2D eigenvalue weighted by atomic mass is 10.00. The largest absolute Gasteiger partial charge is 0.357 e. The van der Waals surface area contributed by atoms with Gasteiger partial charge in [-0.2, -0.15) is 4.98 Å². The van der Waals surface area contributed by atoms with Crippen LogP contribution in [0.2, 0.25) is 0 Å². The van der Waals surface area contributed by atoms with E-state index in [1.54, 1.807) is 6.20 Å². The molecule has 8 heteroatoms. The van der Waals surface area contributed by atoms with Gasteiger partial charge >= 0.3 is 0 Å². The van der Waals surface area contributed by atoms with Gasteiger partial charge in [0, 0.05) is 32.3 Å². The van der Waals surface area contributed by atoms with Gasteiger partial charge in [-0.1, -0.05) is 44.3 Å². The molecular weight excluding hydrogens is 467 g/mol. The van der Waals surface area contributed by atoms with Crippen LogP contribution >= 0.6 is 24.0 Å². The molecule has 0 aliphatic rings. The van der Waals surface area contributed by atoms with Crippen LogP contribution in [0.25, 0.3) is 11.6 Å². The van der Waals surface area contributed by atoms with Crippen molar-refractivity contribution in [1.82, 2.24) is 25.8 Å². The standard InChI is InChI=1S/C20H32N6O.HI/c1-4-7-10-16(5-2)15-24-20(21-6-3)23-14-12-18-25-19(27-26-18)17-11-8-9-13-22-17;/h8-9,11,13,16H,4-7,10,12,14-15H2,1-3H3,(H2,21,23,24);1H. The van der Waals surface area contributed by atoms with Crippen LogP contribution in [-0.4, -0.2) is 40.7 Å². The topological polar surface area (TPSA) is 88.2 Å². The molecule has 0 saturated carbocycles. The maximum Gasteiger partial charge on any atom is 0.276 e. The SMILES string of the molecule is CCCCC(CC)CN=C(NCC)NCCc1noc(-c2ccccn2)n1.I. The Hall–Kier alpha value is -1.71. The van der Waals surface area contributed by atoms with Gasteiger partial charge in [-0.05, 0) is 31.4 Å². The highest BCUT2D eigenvalue weighted by Gasteiger charge is 2.10. The predicted octanol–water partition coefficient (Wildman–Crippen LogP) is 4.06. The first-order chi connectivity index (χ1) is 13.3. The number of unbranched alkanes of at least 4 members (excludes halogenated alkanes) is 1. The summed E-state index contributed by atoms with van der Waals surface area (Å²) in [6.07, 6.45) is 7.30. The fraction of sp³-hybridized carbons (Fsp3) is 0.600. The molecule has 0 saturated heterocycles. The Morgan fingerprint density at radius 1 is 1.21 bits per heavy atom. The van der Waals surface area contributed by atoms with Gasteiger partial charge in [0.15, 0.2) is 11.8 Å². The number of guanidine groups is 1. The summed E-state index contributed by atoms with van der Waals surface area (Å²) in [5, 5.41) is 10.7. The Labute approximate surface area is 185 Å². The molecule has 2 rings (SSSR count). The van der Waals surface area contributed by atoms with Crippen molar-refractivity contribution in [3.05, 3.63) is 30.2 Å². The molecule has 2 aromatic rings. The first-order valence-corrected chi connectivity index (χ1v) is 10.0. The zero-order valence-electron chi connectivity index (χ0n) is 17.1. The van der Waals surface area contributed by atoms with E-state index < -0.39 is 0 Å². The third-order valence-electron chi connectivity index (χ3n) is 4.39. The molecule has 28 heavy (non-hydrogen) atoms. The van der Waals surface area contributed by atoms with E-state index in [0.717, 1.165) is 19.0 Å². The van der Waals surface area contributed by atoms with Crippen LogP contribution in [0.5, 0.6) is 0 Å². The molecule has 2 heterocycles. The van der Waals surface area contributed by atoms with Gasteiger partial charge < -0.3 is 15.2 Å². The van der Waals surface area contributed by atoms with E-state index in [4.69, 9.17) is 9.52 Å². The lowest BCUT2D eigenvalue weighted by molar-refractivity contribution is 0.421. The fourth-order valence-corrected chi connectivity index (χ4v) is 2.72. The molecule has 0 bridgehead atoms. The van der Waals surface area contributed by atoms with E-state index in [-0.39, 0.29) is 24.0 Å². The predicted molar refractivity (Wildman–Crippen MR) is 124 cm³/mol. The van der Waals surface area contributed by atoms with Crippen LogP contribution in [0.4, 0.5) is 0 Å². The molecule has 1 unspecified atom stereocenters. The molecule has 0 aromatic carbocycles. The number of nitrogens with one attached hydrogen (secondary N) is 2. The number of hydrogen-bond acceptors (Lipinski definition) is 5. The minimum absolute atomic E-state index is 0. The van der Waals surface area contributed by atoms with Gasteiger partial charge in [0.05, 0.1) is 0 Å². The Bertz CT molecular complexity index is 676. The van der Waals surface area contributed by atoms with Crippen LogP contribution in [-0.2, 0) is 6.42 Å². The van der Waals surface area contributed by atoms with Crippen molar-refractivity contribution in [2.75, 3.05) is 19.6 Å². The third-order valence-corrected chi connectivity index (χ3v) is 4.39. The lowest BCUT2D eigenvalue weighted by Gasteiger charge is -2.14. The molecule has 1 atom stereocenters. The molecule has 156 valence electrons. The zero-order valence-corrected chi connectivity index (χ0v) is 19.5. The molecular formula is C20H33IN6O. The number of nitrogens with zero attached hydrogens (tertiary/aromatic N) is 4. The van der Waals surface area contributed by atoms with E-state index in [2.05, 4.69) is 46.5 Å². The highest BCUT2D eigenvalue weighted by atomic mass is 127.